The minimum atomic E-state index is -0.00347. The number of ether oxygens (including phenoxy) is 1. The predicted octanol–water partition coefficient (Wildman–Crippen LogP) is -0.0461. The van der Waals surface area contributed by atoms with Gasteiger partial charge in [-0.15, -0.1) is 0 Å². The van der Waals surface area contributed by atoms with Crippen molar-refractivity contribution in [2.45, 2.75) is 18.9 Å². The molecule has 0 spiro atoms. The molecule has 1 heterocycles. The molecular formula is C8H13NO2. The Morgan fingerprint density at radius 2 is 2.27 bits per heavy atom. The Kier molecular flexibility index (Phi) is 1.92. The molecule has 1 unspecified atom stereocenters. The lowest BCUT2D eigenvalue weighted by Crippen LogP contribution is -2.47. The second kappa shape index (κ2) is 2.91. The van der Waals surface area contributed by atoms with Gasteiger partial charge in [-0.2, -0.15) is 0 Å². The van der Waals surface area contributed by atoms with Gasteiger partial charge in [0.1, 0.15) is 0 Å². The summed E-state index contributed by atoms with van der Waals surface area (Å²) in [5.74, 6) is 0.721. The first-order chi connectivity index (χ1) is 5.38. The van der Waals surface area contributed by atoms with Crippen LogP contribution in [0.5, 0.6) is 0 Å². The van der Waals surface area contributed by atoms with Gasteiger partial charge in [-0.05, 0) is 12.8 Å². The number of nitrogens with one attached hydrogen (secondary N) is 1. The Morgan fingerprint density at radius 3 is 2.82 bits per heavy atom. The Labute approximate surface area is 66.1 Å². The van der Waals surface area contributed by atoms with Gasteiger partial charge >= 0.3 is 0 Å². The molecule has 2 rings (SSSR count). The maximum Gasteiger partial charge on any atom is 0.155 e. The third-order valence-electron chi connectivity index (χ3n) is 2.24. The summed E-state index contributed by atoms with van der Waals surface area (Å²) in [6.07, 6.45) is 2.19. The number of hydrogen-bond donors (Lipinski definition) is 1. The molecule has 11 heavy (non-hydrogen) atoms. The Bertz CT molecular complexity index is 159. The first-order valence-corrected chi connectivity index (χ1v) is 4.23. The van der Waals surface area contributed by atoms with E-state index >= 15 is 0 Å². The molecule has 0 aromatic rings. The molecule has 1 aliphatic carbocycles. The van der Waals surface area contributed by atoms with Gasteiger partial charge in [0.15, 0.2) is 5.78 Å². The molecule has 2 fully saturated rings. The molecule has 1 aliphatic heterocycles. The van der Waals surface area contributed by atoms with Crippen molar-refractivity contribution < 1.29 is 9.53 Å². The summed E-state index contributed by atoms with van der Waals surface area (Å²) < 4.78 is 5.20. The van der Waals surface area contributed by atoms with E-state index in [9.17, 15) is 4.79 Å². The number of carbonyl (C=O) groups excluding carboxylic acids is 1. The van der Waals surface area contributed by atoms with Crippen LogP contribution in [0.4, 0.5) is 0 Å². The van der Waals surface area contributed by atoms with Crippen molar-refractivity contribution in [1.82, 2.24) is 5.32 Å². The molecule has 0 aromatic carbocycles. The average molecular weight is 155 g/mol. The van der Waals surface area contributed by atoms with Crippen LogP contribution in [0.2, 0.25) is 0 Å². The molecule has 0 amide bonds. The van der Waals surface area contributed by atoms with Crippen LogP contribution in [0.3, 0.4) is 0 Å². The second-order valence-corrected chi connectivity index (χ2v) is 3.26. The fraction of sp³-hybridized carbons (Fsp3) is 0.875. The molecule has 0 radical (unpaired) electrons. The summed E-state index contributed by atoms with van der Waals surface area (Å²) >= 11 is 0. The highest BCUT2D eigenvalue weighted by molar-refractivity contribution is 5.88. The first kappa shape index (κ1) is 7.25. The first-order valence-electron chi connectivity index (χ1n) is 4.23. The van der Waals surface area contributed by atoms with E-state index < -0.39 is 0 Å². The normalized spacial score (nSPS) is 31.8. The molecule has 1 saturated carbocycles. The van der Waals surface area contributed by atoms with E-state index in [2.05, 4.69) is 5.32 Å². The van der Waals surface area contributed by atoms with Crippen LogP contribution in [0.15, 0.2) is 0 Å². The van der Waals surface area contributed by atoms with Gasteiger partial charge in [-0.3, -0.25) is 4.79 Å². The minimum absolute atomic E-state index is 0.00347. The van der Waals surface area contributed by atoms with Gasteiger partial charge in [0.25, 0.3) is 0 Å². The molecule has 0 bridgehead atoms. The number of Topliss-reactive ketones (excluding diaryl/α,β-unsaturated/α-hetero) is 1. The summed E-state index contributed by atoms with van der Waals surface area (Å²) in [6.45, 7) is 2.15. The lowest BCUT2D eigenvalue weighted by atomic mass is 10.1. The van der Waals surface area contributed by atoms with Crippen LogP contribution in [-0.4, -0.2) is 31.6 Å². The molecule has 1 N–H and O–H groups in total. The van der Waals surface area contributed by atoms with Crippen molar-refractivity contribution in [2.75, 3.05) is 19.8 Å². The van der Waals surface area contributed by atoms with Crippen molar-refractivity contribution in [3.63, 3.8) is 0 Å². The number of morpholine rings is 1. The van der Waals surface area contributed by atoms with Crippen molar-refractivity contribution in [3.8, 4) is 0 Å². The number of ketones is 1. The van der Waals surface area contributed by atoms with Gasteiger partial charge in [-0.1, -0.05) is 0 Å². The van der Waals surface area contributed by atoms with E-state index in [1.54, 1.807) is 0 Å². The van der Waals surface area contributed by atoms with E-state index in [4.69, 9.17) is 4.74 Å². The van der Waals surface area contributed by atoms with Gasteiger partial charge in [0.2, 0.25) is 0 Å². The Balaban J connectivity index is 1.86. The van der Waals surface area contributed by atoms with Gasteiger partial charge in [0.05, 0.1) is 19.3 Å². The van der Waals surface area contributed by atoms with Gasteiger partial charge in [0, 0.05) is 12.5 Å². The van der Waals surface area contributed by atoms with E-state index in [0.29, 0.717) is 18.3 Å². The zero-order valence-corrected chi connectivity index (χ0v) is 6.51. The van der Waals surface area contributed by atoms with Crippen molar-refractivity contribution in [2.24, 2.45) is 5.92 Å². The second-order valence-electron chi connectivity index (χ2n) is 3.26. The average Bonchev–Trinajstić information content (AvgIpc) is 2.87. The lowest BCUT2D eigenvalue weighted by Gasteiger charge is -2.22. The van der Waals surface area contributed by atoms with E-state index in [0.717, 1.165) is 26.0 Å². The maximum absolute atomic E-state index is 11.4. The monoisotopic (exact) mass is 155 g/mol. The van der Waals surface area contributed by atoms with Crippen molar-refractivity contribution in [1.29, 1.82) is 0 Å². The topological polar surface area (TPSA) is 38.3 Å². The fourth-order valence-corrected chi connectivity index (χ4v) is 1.40. The Morgan fingerprint density at radius 1 is 1.45 bits per heavy atom. The summed E-state index contributed by atoms with van der Waals surface area (Å²) in [5.41, 5.74) is 0. The van der Waals surface area contributed by atoms with Gasteiger partial charge in [-0.25, -0.2) is 0 Å². The van der Waals surface area contributed by atoms with E-state index in [-0.39, 0.29) is 6.04 Å². The minimum Gasteiger partial charge on any atom is -0.378 e. The highest BCUT2D eigenvalue weighted by Gasteiger charge is 2.35. The van der Waals surface area contributed by atoms with Crippen LogP contribution >= 0.6 is 0 Å². The third kappa shape index (κ3) is 1.60. The summed E-state index contributed by atoms with van der Waals surface area (Å²) in [4.78, 5) is 11.4. The third-order valence-corrected chi connectivity index (χ3v) is 2.24. The van der Waals surface area contributed by atoms with Crippen LogP contribution < -0.4 is 5.32 Å². The van der Waals surface area contributed by atoms with E-state index in [1.807, 2.05) is 0 Å². The number of carbonyl (C=O) groups is 1. The van der Waals surface area contributed by atoms with Crippen molar-refractivity contribution in [3.05, 3.63) is 0 Å². The summed E-state index contributed by atoms with van der Waals surface area (Å²) in [5, 5.41) is 3.17. The standard InChI is InChI=1S/C8H13NO2/c10-8(6-1-2-6)7-5-11-4-3-9-7/h6-7,9H,1-5H2. The zero-order valence-electron chi connectivity index (χ0n) is 6.51. The van der Waals surface area contributed by atoms with E-state index in [1.165, 1.54) is 0 Å². The van der Waals surface area contributed by atoms with Crippen LogP contribution in [-0.2, 0) is 9.53 Å². The highest BCUT2D eigenvalue weighted by atomic mass is 16.5. The molecule has 0 aromatic heterocycles. The predicted molar refractivity (Wildman–Crippen MR) is 40.3 cm³/mol. The fourth-order valence-electron chi connectivity index (χ4n) is 1.40. The summed E-state index contributed by atoms with van der Waals surface area (Å²) in [6, 6.07) is -0.00347. The molecule has 1 atom stereocenters. The van der Waals surface area contributed by atoms with Gasteiger partial charge < -0.3 is 10.1 Å². The zero-order chi connectivity index (χ0) is 7.68. The molecule has 2 aliphatic rings. The van der Waals surface area contributed by atoms with Crippen LogP contribution in [0.1, 0.15) is 12.8 Å². The van der Waals surface area contributed by atoms with Crippen molar-refractivity contribution >= 4 is 5.78 Å². The molecule has 62 valence electrons. The number of rotatable bonds is 2. The lowest BCUT2D eigenvalue weighted by molar-refractivity contribution is -0.125. The molecular weight excluding hydrogens is 142 g/mol. The molecule has 3 heteroatoms. The largest absolute Gasteiger partial charge is 0.378 e. The number of hydrogen-bond acceptors (Lipinski definition) is 3. The smallest absolute Gasteiger partial charge is 0.155 e. The summed E-state index contributed by atoms with van der Waals surface area (Å²) in [7, 11) is 0. The van der Waals surface area contributed by atoms with Crippen LogP contribution in [0, 0.1) is 5.92 Å². The Hall–Kier alpha value is -0.410. The quantitative estimate of drug-likeness (QED) is 0.607. The van der Waals surface area contributed by atoms with Crippen LogP contribution in [0.25, 0.3) is 0 Å². The maximum atomic E-state index is 11.4. The SMILES string of the molecule is O=C(C1CC1)C1COCCN1. The molecule has 3 nitrogen and oxygen atoms in total. The molecule has 1 saturated heterocycles. The highest BCUT2D eigenvalue weighted by Crippen LogP contribution is 2.31.